The van der Waals surface area contributed by atoms with Gasteiger partial charge < -0.3 is 34.3 Å². The monoisotopic (exact) mass is 492 g/mol. The predicted molar refractivity (Wildman–Crippen MR) is 123 cm³/mol. The summed E-state index contributed by atoms with van der Waals surface area (Å²) in [5.41, 5.74) is 2.42. The molecule has 0 radical (unpaired) electrons. The Morgan fingerprint density at radius 3 is 2.53 bits per heavy atom. The molecule has 2 saturated heterocycles. The predicted octanol–water partition coefficient (Wildman–Crippen LogP) is 2.18. The Balaban J connectivity index is 1.48. The minimum absolute atomic E-state index is 0.0810. The molecule has 0 saturated carbocycles. The van der Waals surface area contributed by atoms with Gasteiger partial charge in [-0.1, -0.05) is 35.9 Å². The summed E-state index contributed by atoms with van der Waals surface area (Å²) in [5, 5.41) is 31.7. The maximum absolute atomic E-state index is 11.2. The molecule has 0 aromatic heterocycles. The molecule has 2 fully saturated rings. The van der Waals surface area contributed by atoms with E-state index in [1.165, 1.54) is 6.92 Å². The highest BCUT2D eigenvalue weighted by Gasteiger charge is 2.44. The number of benzene rings is 2. The summed E-state index contributed by atoms with van der Waals surface area (Å²) in [5.74, 6) is 0.249. The first-order valence-electron chi connectivity index (χ1n) is 11.3. The lowest BCUT2D eigenvalue weighted by Gasteiger charge is -2.40. The zero-order chi connectivity index (χ0) is 24.2. The van der Waals surface area contributed by atoms with Crippen molar-refractivity contribution in [1.82, 2.24) is 0 Å². The highest BCUT2D eigenvalue weighted by atomic mass is 35.5. The lowest BCUT2D eigenvalue weighted by atomic mass is 9.90. The van der Waals surface area contributed by atoms with Crippen molar-refractivity contribution in [2.75, 3.05) is 19.8 Å². The van der Waals surface area contributed by atoms with Crippen LogP contribution in [0.2, 0.25) is 5.02 Å². The van der Waals surface area contributed by atoms with Crippen LogP contribution in [-0.2, 0) is 25.4 Å². The molecule has 0 amide bonds. The standard InChI is InChI=1S/C25H29ClO8/c1-14(27)32-13-21-22(28)23(29)24(30)25(34-21)16-4-7-20(26)17(11-16)10-15-2-5-18(6-3-15)33-19-8-9-31-12-19/h2-7,11,19,21-25,28-30H,8-10,12-13H2,1H3/t19?,21-,22-,23+,24-,25+/m1/s1. The van der Waals surface area contributed by atoms with Crippen molar-refractivity contribution in [3.63, 3.8) is 0 Å². The van der Waals surface area contributed by atoms with Crippen LogP contribution in [0.4, 0.5) is 0 Å². The SMILES string of the molecule is CC(=O)OC[C@H]1O[C@@H](c2ccc(Cl)c(Cc3ccc(OC4CCOC4)cc3)c2)[C@H](O)[C@@H](O)[C@@H]1O. The molecular formula is C25H29ClO8. The van der Waals surface area contributed by atoms with Crippen LogP contribution in [-0.4, -0.2) is 71.6 Å². The lowest BCUT2D eigenvalue weighted by Crippen LogP contribution is -2.55. The average molecular weight is 493 g/mol. The van der Waals surface area contributed by atoms with Crippen molar-refractivity contribution in [3.05, 3.63) is 64.2 Å². The molecular weight excluding hydrogens is 464 g/mol. The van der Waals surface area contributed by atoms with Crippen molar-refractivity contribution >= 4 is 17.6 Å². The molecule has 2 heterocycles. The topological polar surface area (TPSA) is 115 Å². The van der Waals surface area contributed by atoms with Crippen molar-refractivity contribution in [1.29, 1.82) is 0 Å². The Morgan fingerprint density at radius 2 is 1.85 bits per heavy atom. The molecule has 6 atom stereocenters. The summed E-state index contributed by atoms with van der Waals surface area (Å²) in [6, 6.07) is 13.0. The van der Waals surface area contributed by atoms with Gasteiger partial charge in [0.1, 0.15) is 49.0 Å². The van der Waals surface area contributed by atoms with Gasteiger partial charge in [-0.05, 0) is 41.3 Å². The van der Waals surface area contributed by atoms with Crippen LogP contribution in [0.5, 0.6) is 5.75 Å². The number of carbonyl (C=O) groups is 1. The largest absolute Gasteiger partial charge is 0.488 e. The number of esters is 1. The first-order valence-corrected chi connectivity index (χ1v) is 11.6. The number of aliphatic hydroxyl groups is 3. The van der Waals surface area contributed by atoms with Gasteiger partial charge in [0.15, 0.2) is 0 Å². The Bertz CT molecular complexity index is 975. The molecule has 184 valence electrons. The number of rotatable bonds is 7. The third-order valence-corrected chi connectivity index (χ3v) is 6.44. The fourth-order valence-electron chi connectivity index (χ4n) is 4.17. The number of carbonyl (C=O) groups excluding carboxylic acids is 1. The van der Waals surface area contributed by atoms with E-state index in [0.29, 0.717) is 23.6 Å². The van der Waals surface area contributed by atoms with Gasteiger partial charge in [-0.3, -0.25) is 4.79 Å². The molecule has 0 spiro atoms. The summed E-state index contributed by atoms with van der Waals surface area (Å²) in [7, 11) is 0. The molecule has 4 rings (SSSR count). The maximum atomic E-state index is 11.2. The molecule has 8 nitrogen and oxygen atoms in total. The van der Waals surface area contributed by atoms with Crippen molar-refractivity contribution in [2.45, 2.75) is 56.4 Å². The number of hydrogen-bond acceptors (Lipinski definition) is 8. The number of aliphatic hydroxyl groups excluding tert-OH is 3. The highest BCUT2D eigenvalue weighted by Crippen LogP contribution is 2.34. The second-order valence-electron chi connectivity index (χ2n) is 8.64. The van der Waals surface area contributed by atoms with Gasteiger partial charge in [-0.2, -0.15) is 0 Å². The number of ether oxygens (including phenoxy) is 4. The molecule has 1 unspecified atom stereocenters. The third-order valence-electron chi connectivity index (χ3n) is 6.07. The van der Waals surface area contributed by atoms with Gasteiger partial charge in [0.05, 0.1) is 13.2 Å². The van der Waals surface area contributed by atoms with Crippen LogP contribution in [0.25, 0.3) is 0 Å². The Kier molecular flexibility index (Phi) is 8.08. The van der Waals surface area contributed by atoms with E-state index in [9.17, 15) is 20.1 Å². The van der Waals surface area contributed by atoms with E-state index < -0.39 is 36.5 Å². The summed E-state index contributed by atoms with van der Waals surface area (Å²) in [6.45, 7) is 2.33. The van der Waals surface area contributed by atoms with Crippen LogP contribution >= 0.6 is 11.6 Å². The van der Waals surface area contributed by atoms with E-state index >= 15 is 0 Å². The molecule has 2 aliphatic heterocycles. The summed E-state index contributed by atoms with van der Waals surface area (Å²) >= 11 is 6.44. The van der Waals surface area contributed by atoms with Crippen LogP contribution in [0, 0.1) is 0 Å². The minimum atomic E-state index is -1.46. The van der Waals surface area contributed by atoms with E-state index in [1.807, 2.05) is 30.3 Å². The van der Waals surface area contributed by atoms with Gasteiger partial charge in [0, 0.05) is 18.4 Å². The summed E-state index contributed by atoms with van der Waals surface area (Å²) < 4.78 is 22.0. The van der Waals surface area contributed by atoms with E-state index in [1.54, 1.807) is 12.1 Å². The zero-order valence-corrected chi connectivity index (χ0v) is 19.6. The lowest BCUT2D eigenvalue weighted by molar-refractivity contribution is -0.234. The van der Waals surface area contributed by atoms with Gasteiger partial charge in [-0.25, -0.2) is 0 Å². The number of hydrogen-bond donors (Lipinski definition) is 3. The Morgan fingerprint density at radius 1 is 1.09 bits per heavy atom. The zero-order valence-electron chi connectivity index (χ0n) is 18.8. The molecule has 34 heavy (non-hydrogen) atoms. The van der Waals surface area contributed by atoms with Crippen molar-refractivity contribution in [2.24, 2.45) is 0 Å². The maximum Gasteiger partial charge on any atom is 0.302 e. The van der Waals surface area contributed by atoms with E-state index in [2.05, 4.69) is 0 Å². The van der Waals surface area contributed by atoms with Crippen LogP contribution in [0.1, 0.15) is 36.1 Å². The summed E-state index contributed by atoms with van der Waals surface area (Å²) in [6.07, 6.45) is -4.64. The Hall–Kier alpha value is -2.20. The van der Waals surface area contributed by atoms with Crippen LogP contribution in [0.15, 0.2) is 42.5 Å². The molecule has 3 N–H and O–H groups in total. The van der Waals surface area contributed by atoms with Crippen LogP contribution in [0.3, 0.4) is 0 Å². The molecule has 9 heteroatoms. The van der Waals surface area contributed by atoms with E-state index in [0.717, 1.165) is 29.9 Å². The van der Waals surface area contributed by atoms with Gasteiger partial charge >= 0.3 is 5.97 Å². The fourth-order valence-corrected chi connectivity index (χ4v) is 4.36. The first kappa shape index (κ1) is 24.9. The number of halogens is 1. The minimum Gasteiger partial charge on any atom is -0.488 e. The molecule has 0 bridgehead atoms. The summed E-state index contributed by atoms with van der Waals surface area (Å²) in [4.78, 5) is 11.2. The second-order valence-corrected chi connectivity index (χ2v) is 9.05. The fraction of sp³-hybridized carbons (Fsp3) is 0.480. The third kappa shape index (κ3) is 5.89. The van der Waals surface area contributed by atoms with Crippen LogP contribution < -0.4 is 4.74 Å². The second kappa shape index (κ2) is 11.0. The Labute approximate surface area is 203 Å². The normalized spacial score (nSPS) is 29.1. The van der Waals surface area contributed by atoms with Crippen molar-refractivity contribution < 1.29 is 39.1 Å². The highest BCUT2D eigenvalue weighted by molar-refractivity contribution is 6.31. The van der Waals surface area contributed by atoms with Gasteiger partial charge in [0.25, 0.3) is 0 Å². The molecule has 2 aliphatic rings. The smallest absolute Gasteiger partial charge is 0.302 e. The van der Waals surface area contributed by atoms with Gasteiger partial charge in [0.2, 0.25) is 0 Å². The molecule has 2 aromatic carbocycles. The van der Waals surface area contributed by atoms with Crippen molar-refractivity contribution in [3.8, 4) is 5.75 Å². The quantitative estimate of drug-likeness (QED) is 0.504. The van der Waals surface area contributed by atoms with Gasteiger partial charge in [-0.15, -0.1) is 0 Å². The van der Waals surface area contributed by atoms with E-state index in [-0.39, 0.29) is 12.7 Å². The molecule has 0 aliphatic carbocycles. The average Bonchev–Trinajstić information content (AvgIpc) is 3.33. The first-order chi connectivity index (χ1) is 16.3. The molecule has 2 aromatic rings. The van der Waals surface area contributed by atoms with E-state index in [4.69, 9.17) is 30.5 Å².